The van der Waals surface area contributed by atoms with Gasteiger partial charge in [0.15, 0.2) is 0 Å². The molecule has 0 radical (unpaired) electrons. The molecule has 1 N–H and O–H groups in total. The minimum atomic E-state index is 0.214. The normalized spacial score (nSPS) is 13.8. The average Bonchev–Trinajstić information content (AvgIpc) is 2.48. The Hall–Kier alpha value is -1.87. The summed E-state index contributed by atoms with van der Waals surface area (Å²) >= 11 is 0. The Balaban J connectivity index is 2.11. The average molecular weight is 256 g/mol. The molecule has 2 aromatic rings. The van der Waals surface area contributed by atoms with Crippen LogP contribution in [0.5, 0.6) is 5.75 Å². The molecule has 19 heavy (non-hydrogen) atoms. The number of nitrogens with zero attached hydrogens (tertiary/aromatic N) is 1. The Morgan fingerprint density at radius 3 is 2.53 bits per heavy atom. The first-order valence-corrected chi connectivity index (χ1v) is 6.51. The minimum absolute atomic E-state index is 0.214. The summed E-state index contributed by atoms with van der Waals surface area (Å²) in [6, 6.07) is 12.6. The number of hydrogen-bond acceptors (Lipinski definition) is 3. The molecule has 0 aliphatic carbocycles. The summed E-state index contributed by atoms with van der Waals surface area (Å²) in [7, 11) is 1.70. The van der Waals surface area contributed by atoms with Crippen molar-refractivity contribution in [3.8, 4) is 5.75 Å². The van der Waals surface area contributed by atoms with Gasteiger partial charge in [0.05, 0.1) is 7.11 Å². The highest BCUT2D eigenvalue weighted by Crippen LogP contribution is 2.26. The highest BCUT2D eigenvalue weighted by atomic mass is 16.5. The van der Waals surface area contributed by atoms with Gasteiger partial charge in [0.2, 0.25) is 0 Å². The molecule has 0 aliphatic rings. The van der Waals surface area contributed by atoms with Gasteiger partial charge in [-0.3, -0.25) is 4.98 Å². The summed E-state index contributed by atoms with van der Waals surface area (Å²) in [5, 5.41) is 3.57. The lowest BCUT2D eigenvalue weighted by molar-refractivity contribution is 0.396. The largest absolute Gasteiger partial charge is 0.496 e. The molecular formula is C16H20N2O. The fourth-order valence-corrected chi connectivity index (χ4v) is 2.22. The van der Waals surface area contributed by atoms with Crippen molar-refractivity contribution in [3.63, 3.8) is 0 Å². The molecule has 3 nitrogen and oxygen atoms in total. The van der Waals surface area contributed by atoms with Crippen LogP contribution in [0.3, 0.4) is 0 Å². The molecule has 1 unspecified atom stereocenters. The van der Waals surface area contributed by atoms with E-state index in [-0.39, 0.29) is 12.1 Å². The van der Waals surface area contributed by atoms with E-state index in [1.54, 1.807) is 13.3 Å². The van der Waals surface area contributed by atoms with Crippen molar-refractivity contribution in [2.45, 2.75) is 25.9 Å². The fourth-order valence-electron chi connectivity index (χ4n) is 2.22. The Kier molecular flexibility index (Phi) is 4.53. The molecule has 0 saturated heterocycles. The quantitative estimate of drug-likeness (QED) is 0.889. The van der Waals surface area contributed by atoms with Gasteiger partial charge in [0.25, 0.3) is 0 Å². The van der Waals surface area contributed by atoms with Crippen LogP contribution in [0, 0.1) is 0 Å². The van der Waals surface area contributed by atoms with Crippen LogP contribution in [0.2, 0.25) is 0 Å². The molecule has 0 saturated carbocycles. The number of hydrogen-bond donors (Lipinski definition) is 1. The van der Waals surface area contributed by atoms with Crippen LogP contribution < -0.4 is 10.1 Å². The van der Waals surface area contributed by atoms with E-state index in [1.807, 2.05) is 30.5 Å². The fraction of sp³-hybridized carbons (Fsp3) is 0.312. The van der Waals surface area contributed by atoms with Crippen LogP contribution in [-0.4, -0.2) is 12.1 Å². The maximum atomic E-state index is 5.40. The predicted octanol–water partition coefficient (Wildman–Crippen LogP) is 3.50. The van der Waals surface area contributed by atoms with Crippen LogP contribution in [0.4, 0.5) is 0 Å². The van der Waals surface area contributed by atoms with Crippen molar-refractivity contribution < 1.29 is 4.74 Å². The van der Waals surface area contributed by atoms with E-state index in [0.717, 1.165) is 5.75 Å². The number of pyridine rings is 1. The molecule has 1 aromatic carbocycles. The summed E-state index contributed by atoms with van der Waals surface area (Å²) in [5.41, 5.74) is 2.35. The molecule has 0 spiro atoms. The maximum Gasteiger partial charge on any atom is 0.123 e. The Morgan fingerprint density at radius 2 is 1.84 bits per heavy atom. The van der Waals surface area contributed by atoms with E-state index >= 15 is 0 Å². The standard InChI is InChI=1S/C16H20N2O/c1-12(14-7-6-10-17-11-14)18-13(2)15-8-4-5-9-16(15)19-3/h4-13,18H,1-3H3/t12?,13-/m1/s1. The summed E-state index contributed by atoms with van der Waals surface area (Å²) < 4.78 is 5.40. The second kappa shape index (κ2) is 6.34. The Labute approximate surface area is 114 Å². The number of para-hydroxylation sites is 1. The van der Waals surface area contributed by atoms with Crippen molar-refractivity contribution in [2.24, 2.45) is 0 Å². The number of benzene rings is 1. The maximum absolute atomic E-state index is 5.40. The van der Waals surface area contributed by atoms with Gasteiger partial charge in [-0.25, -0.2) is 0 Å². The van der Waals surface area contributed by atoms with Gasteiger partial charge >= 0.3 is 0 Å². The third-order valence-corrected chi connectivity index (χ3v) is 3.29. The van der Waals surface area contributed by atoms with Gasteiger partial charge < -0.3 is 10.1 Å². The van der Waals surface area contributed by atoms with E-state index in [2.05, 4.69) is 36.3 Å². The highest BCUT2D eigenvalue weighted by molar-refractivity contribution is 5.35. The van der Waals surface area contributed by atoms with Gasteiger partial charge in [-0.1, -0.05) is 24.3 Å². The van der Waals surface area contributed by atoms with Gasteiger partial charge in [0, 0.05) is 30.0 Å². The van der Waals surface area contributed by atoms with Gasteiger partial charge in [0.1, 0.15) is 5.75 Å². The first-order chi connectivity index (χ1) is 9.22. The van der Waals surface area contributed by atoms with Gasteiger partial charge in [-0.05, 0) is 31.5 Å². The zero-order valence-electron chi connectivity index (χ0n) is 11.6. The lowest BCUT2D eigenvalue weighted by Crippen LogP contribution is -2.23. The van der Waals surface area contributed by atoms with Gasteiger partial charge in [-0.2, -0.15) is 0 Å². The van der Waals surface area contributed by atoms with Crippen LogP contribution in [-0.2, 0) is 0 Å². The third-order valence-electron chi connectivity index (χ3n) is 3.29. The number of rotatable bonds is 5. The van der Waals surface area contributed by atoms with Crippen molar-refractivity contribution in [1.29, 1.82) is 0 Å². The first-order valence-electron chi connectivity index (χ1n) is 6.51. The molecule has 1 aromatic heterocycles. The molecule has 1 heterocycles. The molecule has 100 valence electrons. The molecule has 3 heteroatoms. The zero-order chi connectivity index (χ0) is 13.7. The lowest BCUT2D eigenvalue weighted by atomic mass is 10.0. The van der Waals surface area contributed by atoms with E-state index in [1.165, 1.54) is 11.1 Å². The minimum Gasteiger partial charge on any atom is -0.496 e. The van der Waals surface area contributed by atoms with Crippen LogP contribution in [0.1, 0.15) is 37.1 Å². The van der Waals surface area contributed by atoms with E-state index in [9.17, 15) is 0 Å². The van der Waals surface area contributed by atoms with Gasteiger partial charge in [-0.15, -0.1) is 0 Å². The zero-order valence-corrected chi connectivity index (χ0v) is 11.6. The topological polar surface area (TPSA) is 34.1 Å². The second-order valence-corrected chi connectivity index (χ2v) is 4.64. The number of nitrogens with one attached hydrogen (secondary N) is 1. The molecule has 0 fully saturated rings. The number of methoxy groups -OCH3 is 1. The van der Waals surface area contributed by atoms with E-state index < -0.39 is 0 Å². The van der Waals surface area contributed by atoms with E-state index in [0.29, 0.717) is 0 Å². The number of ether oxygens (including phenoxy) is 1. The number of aromatic nitrogens is 1. The molecule has 0 bridgehead atoms. The van der Waals surface area contributed by atoms with E-state index in [4.69, 9.17) is 4.74 Å². The Bertz CT molecular complexity index is 513. The highest BCUT2D eigenvalue weighted by Gasteiger charge is 2.14. The van der Waals surface area contributed by atoms with Crippen molar-refractivity contribution in [1.82, 2.24) is 10.3 Å². The smallest absolute Gasteiger partial charge is 0.123 e. The predicted molar refractivity (Wildman–Crippen MR) is 77.2 cm³/mol. The summed E-state index contributed by atoms with van der Waals surface area (Å²) in [5.74, 6) is 0.917. The van der Waals surface area contributed by atoms with Crippen LogP contribution in [0.25, 0.3) is 0 Å². The molecule has 0 aliphatic heterocycles. The summed E-state index contributed by atoms with van der Waals surface area (Å²) in [6.45, 7) is 4.29. The molecule has 0 amide bonds. The van der Waals surface area contributed by atoms with Crippen molar-refractivity contribution in [2.75, 3.05) is 7.11 Å². The van der Waals surface area contributed by atoms with Crippen molar-refractivity contribution >= 4 is 0 Å². The van der Waals surface area contributed by atoms with Crippen LogP contribution >= 0.6 is 0 Å². The SMILES string of the molecule is COc1ccccc1[C@@H](C)NC(C)c1cccnc1. The monoisotopic (exact) mass is 256 g/mol. The summed E-state index contributed by atoms with van der Waals surface area (Å²) in [4.78, 5) is 4.15. The molecule has 2 rings (SSSR count). The first kappa shape index (κ1) is 13.6. The lowest BCUT2D eigenvalue weighted by Gasteiger charge is -2.22. The molecular weight excluding hydrogens is 236 g/mol. The molecule has 2 atom stereocenters. The Morgan fingerprint density at radius 1 is 1.05 bits per heavy atom. The second-order valence-electron chi connectivity index (χ2n) is 4.64. The van der Waals surface area contributed by atoms with Crippen molar-refractivity contribution in [3.05, 3.63) is 59.9 Å². The summed E-state index contributed by atoms with van der Waals surface area (Å²) in [6.07, 6.45) is 3.69. The van der Waals surface area contributed by atoms with Crippen LogP contribution in [0.15, 0.2) is 48.8 Å². The third kappa shape index (κ3) is 3.32.